The summed E-state index contributed by atoms with van der Waals surface area (Å²) in [4.78, 5) is 12.5. The number of fused-ring (bicyclic) bond motifs is 2. The van der Waals surface area contributed by atoms with Crippen LogP contribution >= 0.6 is 11.6 Å². The van der Waals surface area contributed by atoms with Crippen LogP contribution in [0.3, 0.4) is 0 Å². The number of halogens is 3. The minimum Gasteiger partial charge on any atom is -0.486 e. The molecule has 1 amide bonds. The molecular formula is C27H23ClF2N2O4. The van der Waals surface area contributed by atoms with Gasteiger partial charge in [0.15, 0.2) is 22.9 Å². The molecule has 3 heterocycles. The quantitative estimate of drug-likeness (QED) is 0.519. The third kappa shape index (κ3) is 3.14. The third-order valence-corrected chi connectivity index (χ3v) is 7.80. The fourth-order valence-corrected chi connectivity index (χ4v) is 5.93. The lowest BCUT2D eigenvalue weighted by atomic mass is 9.71. The Bertz CT molecular complexity index is 1400. The first-order chi connectivity index (χ1) is 17.3. The highest BCUT2D eigenvalue weighted by Gasteiger charge is 2.56. The van der Waals surface area contributed by atoms with Crippen LogP contribution in [0, 0.1) is 11.6 Å². The third-order valence-electron chi connectivity index (χ3n) is 7.43. The monoisotopic (exact) mass is 512 g/mol. The Morgan fingerprint density at radius 2 is 1.83 bits per heavy atom. The lowest BCUT2D eigenvalue weighted by Gasteiger charge is -2.46. The Morgan fingerprint density at radius 3 is 2.50 bits per heavy atom. The van der Waals surface area contributed by atoms with Crippen molar-refractivity contribution < 1.29 is 27.8 Å². The minimum atomic E-state index is -0.906. The lowest BCUT2D eigenvalue weighted by molar-refractivity contribution is 0.000847. The zero-order valence-corrected chi connectivity index (χ0v) is 20.1. The van der Waals surface area contributed by atoms with Crippen molar-refractivity contribution in [3.63, 3.8) is 0 Å². The van der Waals surface area contributed by atoms with Crippen LogP contribution in [0.1, 0.15) is 40.7 Å². The summed E-state index contributed by atoms with van der Waals surface area (Å²) in [7, 11) is 0. The van der Waals surface area contributed by atoms with Gasteiger partial charge in [0.2, 0.25) is 5.91 Å². The van der Waals surface area contributed by atoms with Crippen LogP contribution < -0.4 is 25.3 Å². The SMILES string of the molecule is C[C@H]1c2c(cc(F)c(Cl)c2-c2c(C(N)=O)cc3c(c2F)OCCO3)O[C@@]1(c1ccccc1)[C@@H]1CCN1. The Morgan fingerprint density at radius 1 is 1.11 bits per heavy atom. The number of amides is 1. The second-order valence-electron chi connectivity index (χ2n) is 9.24. The number of primary amides is 1. The molecule has 186 valence electrons. The number of ether oxygens (including phenoxy) is 3. The van der Waals surface area contributed by atoms with Crippen LogP contribution in [0.25, 0.3) is 11.1 Å². The number of benzene rings is 3. The zero-order chi connectivity index (χ0) is 25.2. The Labute approximate surface area is 211 Å². The van der Waals surface area contributed by atoms with Gasteiger partial charge in [-0.2, -0.15) is 0 Å². The predicted molar refractivity (Wildman–Crippen MR) is 130 cm³/mol. The zero-order valence-electron chi connectivity index (χ0n) is 19.4. The van der Waals surface area contributed by atoms with Gasteiger partial charge in [0.25, 0.3) is 0 Å². The molecule has 3 atom stereocenters. The van der Waals surface area contributed by atoms with Gasteiger partial charge in [0.1, 0.15) is 24.8 Å². The highest BCUT2D eigenvalue weighted by atomic mass is 35.5. The molecule has 0 saturated carbocycles. The topological polar surface area (TPSA) is 82.8 Å². The molecule has 3 aromatic rings. The molecule has 36 heavy (non-hydrogen) atoms. The summed E-state index contributed by atoms with van der Waals surface area (Å²) in [6.07, 6.45) is 0.837. The van der Waals surface area contributed by atoms with E-state index in [9.17, 15) is 4.79 Å². The molecule has 0 aromatic heterocycles. The maximum atomic E-state index is 16.1. The number of nitrogens with one attached hydrogen (secondary N) is 1. The summed E-state index contributed by atoms with van der Waals surface area (Å²) in [5.41, 5.74) is 5.78. The average Bonchev–Trinajstić information content (AvgIpc) is 3.12. The Hall–Kier alpha value is -3.36. The van der Waals surface area contributed by atoms with Crippen LogP contribution in [-0.4, -0.2) is 31.7 Å². The van der Waals surface area contributed by atoms with E-state index in [1.165, 1.54) is 12.1 Å². The molecule has 6 rings (SSSR count). The van der Waals surface area contributed by atoms with Crippen molar-refractivity contribution in [3.05, 3.63) is 75.8 Å². The maximum absolute atomic E-state index is 16.1. The van der Waals surface area contributed by atoms with Crippen LogP contribution in [0.4, 0.5) is 8.78 Å². The van der Waals surface area contributed by atoms with Crippen molar-refractivity contribution >= 4 is 17.5 Å². The number of carbonyl (C=O) groups excluding carboxylic acids is 1. The second kappa shape index (κ2) is 8.35. The van der Waals surface area contributed by atoms with Crippen LogP contribution in [0.5, 0.6) is 17.2 Å². The van der Waals surface area contributed by atoms with Gasteiger partial charge in [-0.15, -0.1) is 0 Å². The van der Waals surface area contributed by atoms with Crippen molar-refractivity contribution in [3.8, 4) is 28.4 Å². The number of hydrogen-bond acceptors (Lipinski definition) is 5. The number of nitrogens with two attached hydrogens (primary N) is 1. The number of carbonyl (C=O) groups is 1. The van der Waals surface area contributed by atoms with E-state index in [0.29, 0.717) is 5.56 Å². The summed E-state index contributed by atoms with van der Waals surface area (Å²) in [6.45, 7) is 3.07. The smallest absolute Gasteiger partial charge is 0.249 e. The number of hydrogen-bond donors (Lipinski definition) is 2. The van der Waals surface area contributed by atoms with Crippen molar-refractivity contribution in [2.24, 2.45) is 5.73 Å². The van der Waals surface area contributed by atoms with E-state index in [4.69, 9.17) is 31.5 Å². The summed E-state index contributed by atoms with van der Waals surface area (Å²) < 4.78 is 48.9. The molecule has 0 bridgehead atoms. The summed E-state index contributed by atoms with van der Waals surface area (Å²) in [5, 5.41) is 3.10. The van der Waals surface area contributed by atoms with E-state index in [2.05, 4.69) is 5.32 Å². The molecule has 0 spiro atoms. The van der Waals surface area contributed by atoms with Crippen LogP contribution in [0.15, 0.2) is 42.5 Å². The first kappa shape index (κ1) is 23.1. The van der Waals surface area contributed by atoms with Gasteiger partial charge < -0.3 is 25.3 Å². The molecule has 0 aliphatic carbocycles. The van der Waals surface area contributed by atoms with Gasteiger partial charge in [-0.3, -0.25) is 4.79 Å². The van der Waals surface area contributed by atoms with Gasteiger partial charge in [0.05, 0.1) is 16.6 Å². The summed E-state index contributed by atoms with van der Waals surface area (Å²) >= 11 is 6.54. The largest absolute Gasteiger partial charge is 0.486 e. The molecule has 3 N–H and O–H groups in total. The van der Waals surface area contributed by atoms with Crippen molar-refractivity contribution in [2.75, 3.05) is 19.8 Å². The van der Waals surface area contributed by atoms with Gasteiger partial charge in [0, 0.05) is 28.7 Å². The van der Waals surface area contributed by atoms with Crippen molar-refractivity contribution in [1.82, 2.24) is 5.32 Å². The molecular weight excluding hydrogens is 490 g/mol. The maximum Gasteiger partial charge on any atom is 0.249 e. The molecule has 6 nitrogen and oxygen atoms in total. The van der Waals surface area contributed by atoms with Crippen molar-refractivity contribution in [2.45, 2.75) is 30.9 Å². The summed E-state index contributed by atoms with van der Waals surface area (Å²) in [6, 6.07) is 12.1. The molecule has 0 unspecified atom stereocenters. The van der Waals surface area contributed by atoms with Crippen LogP contribution in [0.2, 0.25) is 5.02 Å². The molecule has 0 radical (unpaired) electrons. The molecule has 1 fully saturated rings. The van der Waals surface area contributed by atoms with E-state index in [1.54, 1.807) is 0 Å². The van der Waals surface area contributed by atoms with Crippen molar-refractivity contribution in [1.29, 1.82) is 0 Å². The fourth-order valence-electron chi connectivity index (χ4n) is 5.68. The van der Waals surface area contributed by atoms with E-state index >= 15 is 8.78 Å². The standard InChI is InChI=1S/C27H23ClF2N2O4/c1-13-20-17(36-27(13,19-7-8-32-19)14-5-3-2-4-6-14)12-16(29)23(28)22(20)21-15(26(31)33)11-18-25(24(21)30)35-10-9-34-18/h2-6,11-13,19,32H,7-10H2,1H3,(H2,31,33)/t13-,19-,27-/m0/s1. The van der Waals surface area contributed by atoms with Gasteiger partial charge in [-0.05, 0) is 24.6 Å². The first-order valence-corrected chi connectivity index (χ1v) is 12.1. The highest BCUT2D eigenvalue weighted by Crippen LogP contribution is 2.59. The Balaban J connectivity index is 1.64. The van der Waals surface area contributed by atoms with E-state index < -0.39 is 29.1 Å². The average molecular weight is 513 g/mol. The lowest BCUT2D eigenvalue weighted by Crippen LogP contribution is -2.60. The minimum absolute atomic E-state index is 0.0274. The highest BCUT2D eigenvalue weighted by molar-refractivity contribution is 6.34. The number of rotatable bonds is 4. The molecule has 1 saturated heterocycles. The van der Waals surface area contributed by atoms with Gasteiger partial charge in [-0.1, -0.05) is 48.9 Å². The van der Waals surface area contributed by atoms with Crippen LogP contribution in [-0.2, 0) is 5.60 Å². The first-order valence-electron chi connectivity index (χ1n) is 11.8. The normalized spacial score (nSPS) is 24.0. The van der Waals surface area contributed by atoms with E-state index in [1.807, 2.05) is 37.3 Å². The van der Waals surface area contributed by atoms with Gasteiger partial charge in [-0.25, -0.2) is 8.78 Å². The molecule has 9 heteroatoms. The van der Waals surface area contributed by atoms with E-state index in [0.717, 1.165) is 18.5 Å². The molecule has 3 aromatic carbocycles. The summed E-state index contributed by atoms with van der Waals surface area (Å²) in [5.74, 6) is -2.86. The fraction of sp³-hybridized carbons (Fsp3) is 0.296. The van der Waals surface area contributed by atoms with E-state index in [-0.39, 0.29) is 58.2 Å². The predicted octanol–water partition coefficient (Wildman–Crippen LogP) is 4.91. The Kier molecular flexibility index (Phi) is 5.35. The molecule has 3 aliphatic heterocycles. The van der Waals surface area contributed by atoms with Gasteiger partial charge >= 0.3 is 0 Å². The second-order valence-corrected chi connectivity index (χ2v) is 9.62. The molecule has 3 aliphatic rings.